The Hall–Kier alpha value is -0.970. The highest BCUT2D eigenvalue weighted by Gasteiger charge is 2.25. The lowest BCUT2D eigenvalue weighted by atomic mass is 10.0. The molecule has 110 valence electrons. The molecule has 2 heterocycles. The molecule has 5 heteroatoms. The third kappa shape index (κ3) is 2.73. The molecular formula is C15H21ClN2O2. The van der Waals surface area contributed by atoms with Crippen LogP contribution in [0.2, 0.25) is 5.02 Å². The van der Waals surface area contributed by atoms with Crippen LogP contribution in [0.1, 0.15) is 37.3 Å². The average Bonchev–Trinajstić information content (AvgIpc) is 2.76. The van der Waals surface area contributed by atoms with E-state index in [2.05, 4.69) is 4.90 Å². The van der Waals surface area contributed by atoms with Crippen LogP contribution in [-0.4, -0.2) is 31.3 Å². The fraction of sp³-hybridized carbons (Fsp3) is 0.600. The van der Waals surface area contributed by atoms with Crippen molar-refractivity contribution in [3.8, 4) is 11.5 Å². The molecule has 1 saturated heterocycles. The highest BCUT2D eigenvalue weighted by atomic mass is 35.5. The Bertz CT molecular complexity index is 473. The van der Waals surface area contributed by atoms with Gasteiger partial charge in [-0.15, -0.1) is 0 Å². The quantitative estimate of drug-likeness (QED) is 0.931. The lowest BCUT2D eigenvalue weighted by molar-refractivity contribution is 0.173. The Balaban J connectivity index is 1.87. The van der Waals surface area contributed by atoms with Crippen molar-refractivity contribution in [2.75, 3.05) is 26.4 Å². The van der Waals surface area contributed by atoms with Gasteiger partial charge in [0.15, 0.2) is 11.5 Å². The number of halogens is 1. The van der Waals surface area contributed by atoms with Crippen LogP contribution in [0.5, 0.6) is 11.5 Å². The van der Waals surface area contributed by atoms with Crippen molar-refractivity contribution < 1.29 is 9.47 Å². The van der Waals surface area contributed by atoms with Gasteiger partial charge in [-0.1, -0.05) is 24.4 Å². The van der Waals surface area contributed by atoms with E-state index >= 15 is 0 Å². The fourth-order valence-corrected chi connectivity index (χ4v) is 3.36. The summed E-state index contributed by atoms with van der Waals surface area (Å²) in [4.78, 5) is 2.47. The Labute approximate surface area is 124 Å². The van der Waals surface area contributed by atoms with E-state index in [0.29, 0.717) is 17.3 Å². The summed E-state index contributed by atoms with van der Waals surface area (Å²) in [5, 5.41) is 0.614. The molecule has 2 aliphatic rings. The molecule has 0 bridgehead atoms. The Morgan fingerprint density at radius 1 is 1.15 bits per heavy atom. The van der Waals surface area contributed by atoms with E-state index in [1.807, 2.05) is 12.1 Å². The molecule has 1 aromatic rings. The summed E-state index contributed by atoms with van der Waals surface area (Å²) < 4.78 is 10.8. The van der Waals surface area contributed by atoms with Gasteiger partial charge in [-0.2, -0.15) is 0 Å². The Morgan fingerprint density at radius 3 is 2.60 bits per heavy atom. The van der Waals surface area contributed by atoms with Crippen molar-refractivity contribution in [3.05, 3.63) is 22.7 Å². The number of fused-ring (bicyclic) bond motifs is 1. The van der Waals surface area contributed by atoms with Crippen molar-refractivity contribution in [1.29, 1.82) is 0 Å². The van der Waals surface area contributed by atoms with Gasteiger partial charge in [-0.05, 0) is 43.6 Å². The normalized spacial score (nSPS) is 20.7. The minimum Gasteiger partial charge on any atom is -0.454 e. The monoisotopic (exact) mass is 296 g/mol. The van der Waals surface area contributed by atoms with Crippen LogP contribution in [-0.2, 0) is 0 Å². The zero-order valence-corrected chi connectivity index (χ0v) is 12.4. The number of likely N-dealkylation sites (tertiary alicyclic amines) is 1. The Kier molecular flexibility index (Phi) is 4.34. The topological polar surface area (TPSA) is 47.7 Å². The van der Waals surface area contributed by atoms with Crippen LogP contribution < -0.4 is 15.2 Å². The highest BCUT2D eigenvalue weighted by Crippen LogP contribution is 2.41. The number of hydrogen-bond donors (Lipinski definition) is 1. The van der Waals surface area contributed by atoms with E-state index in [-0.39, 0.29) is 12.8 Å². The maximum Gasteiger partial charge on any atom is 0.231 e. The molecule has 2 aliphatic heterocycles. The van der Waals surface area contributed by atoms with Gasteiger partial charge in [-0.25, -0.2) is 0 Å². The molecule has 1 fully saturated rings. The van der Waals surface area contributed by atoms with Gasteiger partial charge < -0.3 is 15.2 Å². The summed E-state index contributed by atoms with van der Waals surface area (Å²) >= 11 is 6.28. The Morgan fingerprint density at radius 2 is 1.90 bits per heavy atom. The molecule has 0 aromatic heterocycles. The summed E-state index contributed by atoms with van der Waals surface area (Å²) in [6, 6.07) is 4.20. The van der Waals surface area contributed by atoms with Gasteiger partial charge in [-0.3, -0.25) is 4.90 Å². The summed E-state index contributed by atoms with van der Waals surface area (Å²) in [6.45, 7) is 3.05. The average molecular weight is 297 g/mol. The molecule has 2 N–H and O–H groups in total. The smallest absolute Gasteiger partial charge is 0.231 e. The maximum atomic E-state index is 6.28. The zero-order valence-electron chi connectivity index (χ0n) is 11.6. The molecule has 1 unspecified atom stereocenters. The summed E-state index contributed by atoms with van der Waals surface area (Å²) in [7, 11) is 0. The van der Waals surface area contributed by atoms with E-state index in [9.17, 15) is 0 Å². The standard InChI is InChI=1S/C15H21ClN2O2/c16-12-7-11(8-14-15(12)20-10-19-14)13(9-17)18-5-3-1-2-4-6-18/h7-8,13H,1-6,9-10,17H2. The lowest BCUT2D eigenvalue weighted by Gasteiger charge is -2.30. The zero-order chi connectivity index (χ0) is 13.9. The largest absolute Gasteiger partial charge is 0.454 e. The maximum absolute atomic E-state index is 6.28. The van der Waals surface area contributed by atoms with E-state index in [4.69, 9.17) is 26.8 Å². The van der Waals surface area contributed by atoms with Crippen LogP contribution in [0.3, 0.4) is 0 Å². The number of benzene rings is 1. The van der Waals surface area contributed by atoms with Gasteiger partial charge in [0.2, 0.25) is 6.79 Å². The summed E-state index contributed by atoms with van der Waals surface area (Å²) in [5.74, 6) is 1.39. The van der Waals surface area contributed by atoms with Gasteiger partial charge >= 0.3 is 0 Å². The lowest BCUT2D eigenvalue weighted by Crippen LogP contribution is -2.34. The molecule has 0 spiro atoms. The number of ether oxygens (including phenoxy) is 2. The molecule has 0 radical (unpaired) electrons. The van der Waals surface area contributed by atoms with Crippen molar-refractivity contribution >= 4 is 11.6 Å². The van der Waals surface area contributed by atoms with Gasteiger partial charge in [0.25, 0.3) is 0 Å². The number of nitrogens with two attached hydrogens (primary N) is 1. The molecular weight excluding hydrogens is 276 g/mol. The van der Waals surface area contributed by atoms with Crippen molar-refractivity contribution in [2.45, 2.75) is 31.7 Å². The van der Waals surface area contributed by atoms with Gasteiger partial charge in [0.05, 0.1) is 5.02 Å². The third-order valence-corrected chi connectivity index (χ3v) is 4.42. The minimum atomic E-state index is 0.208. The molecule has 1 aromatic carbocycles. The number of nitrogens with zero attached hydrogens (tertiary/aromatic N) is 1. The van der Waals surface area contributed by atoms with E-state index in [1.54, 1.807) is 0 Å². The molecule has 1 atom stereocenters. The highest BCUT2D eigenvalue weighted by molar-refractivity contribution is 6.32. The molecule has 4 nitrogen and oxygen atoms in total. The van der Waals surface area contributed by atoms with Crippen LogP contribution >= 0.6 is 11.6 Å². The SMILES string of the molecule is NCC(c1cc(Cl)c2c(c1)OCO2)N1CCCCCC1. The molecule has 0 saturated carbocycles. The predicted octanol–water partition coefficient (Wildman–Crippen LogP) is 2.94. The number of rotatable bonds is 3. The first-order valence-corrected chi connectivity index (χ1v) is 7.70. The first-order chi connectivity index (χ1) is 9.79. The van der Waals surface area contributed by atoms with Crippen LogP contribution in [0.25, 0.3) is 0 Å². The van der Waals surface area contributed by atoms with Crippen molar-refractivity contribution in [2.24, 2.45) is 5.73 Å². The number of hydrogen-bond acceptors (Lipinski definition) is 4. The first-order valence-electron chi connectivity index (χ1n) is 7.33. The van der Waals surface area contributed by atoms with E-state index in [0.717, 1.165) is 24.4 Å². The first kappa shape index (κ1) is 14.0. The van der Waals surface area contributed by atoms with E-state index in [1.165, 1.54) is 25.7 Å². The van der Waals surface area contributed by atoms with Gasteiger partial charge in [0, 0.05) is 12.6 Å². The molecule has 3 rings (SSSR count). The molecule has 0 amide bonds. The van der Waals surface area contributed by atoms with Crippen molar-refractivity contribution in [3.63, 3.8) is 0 Å². The van der Waals surface area contributed by atoms with Crippen LogP contribution in [0, 0.1) is 0 Å². The third-order valence-electron chi connectivity index (χ3n) is 4.14. The second-order valence-corrected chi connectivity index (χ2v) is 5.85. The fourth-order valence-electron chi connectivity index (χ4n) is 3.08. The second-order valence-electron chi connectivity index (χ2n) is 5.44. The van der Waals surface area contributed by atoms with Crippen LogP contribution in [0.15, 0.2) is 12.1 Å². The summed E-state index contributed by atoms with van der Waals surface area (Å²) in [5.41, 5.74) is 7.15. The minimum absolute atomic E-state index is 0.208. The predicted molar refractivity (Wildman–Crippen MR) is 79.4 cm³/mol. The van der Waals surface area contributed by atoms with Gasteiger partial charge in [0.1, 0.15) is 0 Å². The molecule has 0 aliphatic carbocycles. The van der Waals surface area contributed by atoms with Crippen molar-refractivity contribution in [1.82, 2.24) is 4.90 Å². The van der Waals surface area contributed by atoms with Crippen LogP contribution in [0.4, 0.5) is 0 Å². The van der Waals surface area contributed by atoms with E-state index < -0.39 is 0 Å². The molecule has 20 heavy (non-hydrogen) atoms. The summed E-state index contributed by atoms with van der Waals surface area (Å²) in [6.07, 6.45) is 5.12. The second kappa shape index (κ2) is 6.20.